The molecule has 5 heteroatoms. The van der Waals surface area contributed by atoms with Gasteiger partial charge in [-0.2, -0.15) is 0 Å². The Morgan fingerprint density at radius 1 is 0.800 bits per heavy atom. The maximum absolute atomic E-state index is 10.7. The van der Waals surface area contributed by atoms with E-state index >= 15 is 0 Å². The summed E-state index contributed by atoms with van der Waals surface area (Å²) in [7, 11) is 0. The van der Waals surface area contributed by atoms with Crippen molar-refractivity contribution in [1.29, 1.82) is 0 Å². The number of unbranched alkanes of at least 4 members (excludes halogenated alkanes) is 9. The van der Waals surface area contributed by atoms with Crippen LogP contribution in [-0.4, -0.2) is 22.2 Å². The average molecular weight is 280 g/mol. The molecule has 0 aromatic carbocycles. The molecule has 0 aliphatic rings. The van der Waals surface area contributed by atoms with Gasteiger partial charge in [0.2, 0.25) is 0 Å². The average Bonchev–Trinajstić information content (AvgIpc) is 2.35. The summed E-state index contributed by atoms with van der Waals surface area (Å²) in [4.78, 5) is 21.3. The summed E-state index contributed by atoms with van der Waals surface area (Å²) in [5, 5.41) is 17.4. The molecule has 0 radical (unpaired) electrons. The summed E-state index contributed by atoms with van der Waals surface area (Å²) < 4.78 is 0. The van der Waals surface area contributed by atoms with Crippen LogP contribution >= 0.6 is 0 Å². The predicted octanol–water partition coefficient (Wildman–Crippen LogP) is 1.20. The van der Waals surface area contributed by atoms with Crippen LogP contribution in [0.25, 0.3) is 0 Å². The second kappa shape index (κ2) is 14.9. The third kappa shape index (κ3) is 12.6. The Balaban J connectivity index is -0.00000162. The van der Waals surface area contributed by atoms with Gasteiger partial charge in [-0.15, -0.1) is 0 Å². The molecule has 114 valence electrons. The van der Waals surface area contributed by atoms with Gasteiger partial charge in [-0.05, 0) is 6.42 Å². The van der Waals surface area contributed by atoms with E-state index in [1.807, 2.05) is 0 Å². The topological polar surface area (TPSA) is 74.6 Å². The van der Waals surface area contributed by atoms with Gasteiger partial charge >= 0.3 is 30.8 Å². The number of carboxylic acids is 2. The van der Waals surface area contributed by atoms with Crippen molar-refractivity contribution < 1.29 is 40.1 Å². The van der Waals surface area contributed by atoms with Gasteiger partial charge in [0, 0.05) is 0 Å². The Hall–Kier alpha value is -0.463. The van der Waals surface area contributed by atoms with E-state index in [1.165, 1.54) is 44.9 Å². The van der Waals surface area contributed by atoms with Crippen LogP contribution in [0, 0.1) is 5.92 Å². The monoisotopic (exact) mass is 280 g/mol. The summed E-state index contributed by atoms with van der Waals surface area (Å²) in [6.45, 7) is 2.21. The van der Waals surface area contributed by atoms with Crippen LogP contribution in [-0.2, 0) is 9.59 Å². The summed E-state index contributed by atoms with van der Waals surface area (Å²) in [6.07, 6.45) is 11.9. The Morgan fingerprint density at radius 3 is 1.50 bits per heavy atom. The third-order valence-corrected chi connectivity index (χ3v) is 3.44. The fourth-order valence-corrected chi connectivity index (χ4v) is 2.19. The molecule has 4 nitrogen and oxygen atoms in total. The molecule has 0 aliphatic carbocycles. The van der Waals surface area contributed by atoms with Crippen LogP contribution in [0.2, 0.25) is 0 Å². The van der Waals surface area contributed by atoms with Crippen molar-refractivity contribution in [3.8, 4) is 0 Å². The van der Waals surface area contributed by atoms with E-state index in [9.17, 15) is 9.59 Å². The molecule has 0 amide bonds. The zero-order valence-corrected chi connectivity index (χ0v) is 13.1. The first-order chi connectivity index (χ1) is 9.09. The van der Waals surface area contributed by atoms with E-state index in [2.05, 4.69) is 6.92 Å². The van der Waals surface area contributed by atoms with Gasteiger partial charge in [-0.3, -0.25) is 9.59 Å². The quantitative estimate of drug-likeness (QED) is 0.302. The van der Waals surface area contributed by atoms with Crippen LogP contribution in [0.4, 0.5) is 0 Å². The minimum Gasteiger partial charge on any atom is -1.00 e. The number of hydrogen-bond donors (Lipinski definition) is 2. The smallest absolute Gasteiger partial charge is 1.00 e. The summed E-state index contributed by atoms with van der Waals surface area (Å²) in [5.41, 5.74) is 0. The second-order valence-corrected chi connectivity index (χ2v) is 5.20. The molecule has 0 heterocycles. The number of carboxylic acid groups (broad SMARTS) is 2. The van der Waals surface area contributed by atoms with Gasteiger partial charge < -0.3 is 11.6 Å². The second-order valence-electron chi connectivity index (χ2n) is 5.20. The van der Waals surface area contributed by atoms with E-state index in [0.29, 0.717) is 6.42 Å². The number of aliphatic carboxylic acids is 2. The molecule has 2 N–H and O–H groups in total. The van der Waals surface area contributed by atoms with Gasteiger partial charge in [0.05, 0.1) is 0 Å². The van der Waals surface area contributed by atoms with Gasteiger partial charge in [-0.25, -0.2) is 0 Å². The Labute approximate surface area is 136 Å². The minimum absolute atomic E-state index is 0. The van der Waals surface area contributed by atoms with Gasteiger partial charge in [0.15, 0.2) is 5.92 Å². The summed E-state index contributed by atoms with van der Waals surface area (Å²) in [5.74, 6) is -3.67. The summed E-state index contributed by atoms with van der Waals surface area (Å²) >= 11 is 0. The number of rotatable bonds is 13. The van der Waals surface area contributed by atoms with E-state index in [-0.39, 0.29) is 26.7 Å². The van der Waals surface area contributed by atoms with Crippen molar-refractivity contribution in [2.45, 2.75) is 77.6 Å². The first-order valence-corrected chi connectivity index (χ1v) is 7.55. The van der Waals surface area contributed by atoms with Crippen LogP contribution in [0.3, 0.4) is 0 Å². The van der Waals surface area contributed by atoms with Crippen LogP contribution in [0.1, 0.15) is 79.0 Å². The Bertz CT molecular complexity index is 248. The molecular weight excluding hydrogens is 251 g/mol. The molecule has 0 fully saturated rings. The standard InChI is InChI=1S/C15H28O4.Li.H/c1-2-3-4-5-6-7-8-9-10-11-12-13(14(16)17)15(18)19;;/h13H,2-12H2,1H3,(H,16,17)(H,18,19);;/q;+1;-1. The number of hydrogen-bond acceptors (Lipinski definition) is 2. The van der Waals surface area contributed by atoms with Crippen molar-refractivity contribution in [2.75, 3.05) is 0 Å². The largest absolute Gasteiger partial charge is 1.00 e. The van der Waals surface area contributed by atoms with Crippen molar-refractivity contribution >= 4 is 11.9 Å². The summed E-state index contributed by atoms with van der Waals surface area (Å²) in [6, 6.07) is 0. The maximum atomic E-state index is 10.7. The first kappa shape index (κ1) is 21.8. The fourth-order valence-electron chi connectivity index (χ4n) is 2.19. The van der Waals surface area contributed by atoms with Crippen LogP contribution in [0.15, 0.2) is 0 Å². The molecular formula is C15H29LiO4. The molecule has 0 saturated carbocycles. The Kier molecular flexibility index (Phi) is 16.3. The minimum atomic E-state index is -1.23. The zero-order valence-electron chi connectivity index (χ0n) is 14.1. The van der Waals surface area contributed by atoms with Gasteiger partial charge in [-0.1, -0.05) is 71.1 Å². The predicted molar refractivity (Wildman–Crippen MR) is 76.3 cm³/mol. The fraction of sp³-hybridized carbons (Fsp3) is 0.867. The molecule has 0 aromatic heterocycles. The van der Waals surface area contributed by atoms with Crippen molar-refractivity contribution in [2.24, 2.45) is 5.92 Å². The van der Waals surface area contributed by atoms with Crippen molar-refractivity contribution in [1.82, 2.24) is 0 Å². The van der Waals surface area contributed by atoms with Crippen molar-refractivity contribution in [3.63, 3.8) is 0 Å². The molecule has 0 atom stereocenters. The van der Waals surface area contributed by atoms with E-state index in [1.54, 1.807) is 0 Å². The van der Waals surface area contributed by atoms with Crippen LogP contribution in [0.5, 0.6) is 0 Å². The molecule has 0 rings (SSSR count). The zero-order chi connectivity index (χ0) is 14.5. The molecule has 20 heavy (non-hydrogen) atoms. The SMILES string of the molecule is CCCCCCCCCCCCC(C(=O)O)C(=O)O.[H-].[Li+]. The molecule has 0 aromatic rings. The van der Waals surface area contributed by atoms with E-state index < -0.39 is 17.9 Å². The van der Waals surface area contributed by atoms with Crippen molar-refractivity contribution in [3.05, 3.63) is 0 Å². The molecule has 0 aliphatic heterocycles. The van der Waals surface area contributed by atoms with Crippen LogP contribution < -0.4 is 18.9 Å². The maximum Gasteiger partial charge on any atom is 1.00 e. The first-order valence-electron chi connectivity index (χ1n) is 7.55. The van der Waals surface area contributed by atoms with Gasteiger partial charge in [0.1, 0.15) is 0 Å². The molecule has 0 saturated heterocycles. The normalized spacial score (nSPS) is 10.3. The number of carbonyl (C=O) groups is 2. The molecule has 0 spiro atoms. The van der Waals surface area contributed by atoms with E-state index in [4.69, 9.17) is 10.2 Å². The molecule has 0 bridgehead atoms. The van der Waals surface area contributed by atoms with Gasteiger partial charge in [0.25, 0.3) is 0 Å². The molecule has 0 unspecified atom stereocenters. The third-order valence-electron chi connectivity index (χ3n) is 3.44. The van der Waals surface area contributed by atoms with E-state index in [0.717, 1.165) is 12.8 Å². The Morgan fingerprint density at radius 2 is 1.15 bits per heavy atom.